The SMILES string of the molecule is CC(=O)OC[C@@]12[C@@H]3[C@@H](CC[C@]1(O)C[C@@H](O[C@@H]1O[C@@H](C)[C@H](OC(C)=O)[C@@H](OC(C)=O)[C@H]1OC(C)=O)C[C@H]2OC(C)=O)[C@@]1(O)CC[C@H](C(=O)CO)[C@@]1(C)C[C@H]3OC(C)=O. The fourth-order valence-electron chi connectivity index (χ4n) is 11.3. The van der Waals surface area contributed by atoms with Crippen LogP contribution in [0.5, 0.6) is 0 Å². The van der Waals surface area contributed by atoms with Gasteiger partial charge >= 0.3 is 35.8 Å². The number of carbonyl (C=O) groups excluding carboxylic acids is 7. The molecule has 0 amide bonds. The minimum absolute atomic E-state index is 0.0653. The normalized spacial score (nSPS) is 42.2. The van der Waals surface area contributed by atoms with Crippen molar-refractivity contribution in [3.8, 4) is 0 Å². The summed E-state index contributed by atoms with van der Waals surface area (Å²) in [5, 5.41) is 35.8. The van der Waals surface area contributed by atoms with Gasteiger partial charge < -0.3 is 53.2 Å². The van der Waals surface area contributed by atoms with E-state index in [9.17, 15) is 48.9 Å². The van der Waals surface area contributed by atoms with Crippen LogP contribution in [0.15, 0.2) is 0 Å². The summed E-state index contributed by atoms with van der Waals surface area (Å²) < 4.78 is 46.9. The first-order valence-corrected chi connectivity index (χ1v) is 19.4. The zero-order valence-corrected chi connectivity index (χ0v) is 33.7. The Morgan fingerprint density at radius 1 is 0.719 bits per heavy atom. The molecule has 5 aliphatic rings. The first-order valence-electron chi connectivity index (χ1n) is 19.4. The van der Waals surface area contributed by atoms with Crippen molar-refractivity contribution in [2.75, 3.05) is 13.2 Å². The molecule has 1 heterocycles. The van der Waals surface area contributed by atoms with Crippen LogP contribution in [0.25, 0.3) is 0 Å². The van der Waals surface area contributed by atoms with E-state index in [-0.39, 0.29) is 44.9 Å². The fraction of sp³-hybridized carbons (Fsp3) is 0.821. The number of ketones is 1. The Bertz CT molecular complexity index is 1610. The van der Waals surface area contributed by atoms with Crippen molar-refractivity contribution in [2.45, 2.75) is 161 Å². The maximum Gasteiger partial charge on any atom is 0.303 e. The highest BCUT2D eigenvalue weighted by Crippen LogP contribution is 2.71. The summed E-state index contributed by atoms with van der Waals surface area (Å²) in [6, 6.07) is 0. The molecular formula is C39H56O18. The molecule has 320 valence electrons. The van der Waals surface area contributed by atoms with Gasteiger partial charge in [-0.25, -0.2) is 0 Å². The summed E-state index contributed by atoms with van der Waals surface area (Å²) in [5.74, 6) is -7.54. The zero-order chi connectivity index (χ0) is 42.4. The van der Waals surface area contributed by atoms with Gasteiger partial charge in [-0.05, 0) is 44.9 Å². The Morgan fingerprint density at radius 3 is 1.86 bits per heavy atom. The van der Waals surface area contributed by atoms with E-state index in [1.807, 2.05) is 0 Å². The Kier molecular flexibility index (Phi) is 12.9. The highest BCUT2D eigenvalue weighted by molar-refractivity contribution is 5.83. The molecule has 4 saturated carbocycles. The van der Waals surface area contributed by atoms with Gasteiger partial charge in [-0.1, -0.05) is 6.92 Å². The molecule has 3 N–H and O–H groups in total. The Balaban J connectivity index is 1.61. The average Bonchev–Trinajstić information content (AvgIpc) is 3.35. The van der Waals surface area contributed by atoms with Crippen LogP contribution in [0, 0.1) is 28.6 Å². The lowest BCUT2D eigenvalue weighted by molar-refractivity contribution is -0.344. The van der Waals surface area contributed by atoms with E-state index < -0.39 is 144 Å². The van der Waals surface area contributed by atoms with E-state index in [0.717, 1.165) is 27.7 Å². The Labute approximate surface area is 330 Å². The van der Waals surface area contributed by atoms with Crippen LogP contribution in [0.4, 0.5) is 0 Å². The van der Waals surface area contributed by atoms with Crippen molar-refractivity contribution in [1.29, 1.82) is 0 Å². The number of rotatable bonds is 11. The van der Waals surface area contributed by atoms with Gasteiger partial charge in [-0.3, -0.25) is 33.6 Å². The molecule has 0 aromatic heterocycles. The molecule has 18 nitrogen and oxygen atoms in total. The molecule has 5 fully saturated rings. The van der Waals surface area contributed by atoms with Crippen molar-refractivity contribution >= 4 is 41.6 Å². The van der Waals surface area contributed by atoms with Crippen molar-refractivity contribution in [1.82, 2.24) is 0 Å². The van der Waals surface area contributed by atoms with Crippen LogP contribution >= 0.6 is 0 Å². The Hall–Kier alpha value is -3.71. The number of ether oxygens (including phenoxy) is 8. The van der Waals surface area contributed by atoms with Gasteiger partial charge in [0.15, 0.2) is 30.4 Å². The third-order valence-corrected chi connectivity index (χ3v) is 13.2. The van der Waals surface area contributed by atoms with Crippen LogP contribution in [-0.4, -0.2) is 130 Å². The molecule has 0 aromatic rings. The molecule has 4 aliphatic carbocycles. The van der Waals surface area contributed by atoms with Gasteiger partial charge in [0.05, 0.1) is 28.8 Å². The lowest BCUT2D eigenvalue weighted by Crippen LogP contribution is -2.77. The molecule has 18 heteroatoms. The van der Waals surface area contributed by atoms with E-state index in [2.05, 4.69) is 0 Å². The molecule has 0 bridgehead atoms. The minimum Gasteiger partial charge on any atom is -0.465 e. The molecule has 1 saturated heterocycles. The van der Waals surface area contributed by atoms with Crippen LogP contribution in [0.3, 0.4) is 0 Å². The maximum atomic E-state index is 13.1. The van der Waals surface area contributed by atoms with Gasteiger partial charge in [-0.15, -0.1) is 0 Å². The van der Waals surface area contributed by atoms with Gasteiger partial charge in [0.25, 0.3) is 0 Å². The van der Waals surface area contributed by atoms with Crippen LogP contribution in [0.2, 0.25) is 0 Å². The van der Waals surface area contributed by atoms with Gasteiger partial charge in [0.1, 0.15) is 25.4 Å². The standard InChI is InChI=1S/C39H56O18/c1-18-32(54-22(5)44)33(55-23(6)45)34(56-24(7)46)35(51-18)57-25-13-30(53-21(4)43)38(17-50-19(2)41)31-27(9-11-37(38,48)14-25)39(49)12-10-26(28(47)16-40)36(39,8)15-29(31)52-20(3)42/h18,25-27,29-35,40,48-49H,9-17H2,1-8H3/t18-,25-,26+,27+,29+,30+,31+,32-,33+,34+,35-,36+,37-,38+,39-/m0/s1. The summed E-state index contributed by atoms with van der Waals surface area (Å²) in [6.45, 7) is 8.89. The second kappa shape index (κ2) is 16.5. The van der Waals surface area contributed by atoms with E-state index in [1.165, 1.54) is 20.8 Å². The van der Waals surface area contributed by atoms with E-state index in [0.29, 0.717) is 0 Å². The number of hydrogen-bond acceptors (Lipinski definition) is 18. The molecule has 15 atom stereocenters. The van der Waals surface area contributed by atoms with Crippen LogP contribution in [0.1, 0.15) is 100 Å². The molecule has 5 rings (SSSR count). The molecule has 0 spiro atoms. The molecular weight excluding hydrogens is 756 g/mol. The highest BCUT2D eigenvalue weighted by Gasteiger charge is 2.77. The van der Waals surface area contributed by atoms with E-state index in [4.69, 9.17) is 37.9 Å². The van der Waals surface area contributed by atoms with E-state index >= 15 is 0 Å². The van der Waals surface area contributed by atoms with Crippen molar-refractivity contribution in [3.05, 3.63) is 0 Å². The Morgan fingerprint density at radius 2 is 1.30 bits per heavy atom. The topological polar surface area (TPSA) is 254 Å². The summed E-state index contributed by atoms with van der Waals surface area (Å²) in [5.41, 5.74) is -6.43. The molecule has 57 heavy (non-hydrogen) atoms. The number of carbonyl (C=O) groups is 7. The van der Waals surface area contributed by atoms with Crippen molar-refractivity contribution in [2.24, 2.45) is 28.6 Å². The number of aliphatic hydroxyl groups is 3. The predicted molar refractivity (Wildman–Crippen MR) is 189 cm³/mol. The summed E-state index contributed by atoms with van der Waals surface area (Å²) >= 11 is 0. The monoisotopic (exact) mass is 812 g/mol. The van der Waals surface area contributed by atoms with E-state index in [1.54, 1.807) is 6.92 Å². The van der Waals surface area contributed by atoms with Crippen molar-refractivity contribution < 1.29 is 86.8 Å². The molecule has 0 unspecified atom stereocenters. The molecule has 1 aliphatic heterocycles. The first-order chi connectivity index (χ1) is 26.5. The number of aliphatic hydroxyl groups excluding tert-OH is 1. The predicted octanol–water partition coefficient (Wildman–Crippen LogP) is 0.988. The number of fused-ring (bicyclic) bond motifs is 5. The van der Waals surface area contributed by atoms with Gasteiger partial charge in [-0.2, -0.15) is 0 Å². The van der Waals surface area contributed by atoms with Gasteiger partial charge in [0, 0.05) is 71.6 Å². The second-order valence-electron chi connectivity index (χ2n) is 16.7. The molecule has 0 aromatic carbocycles. The summed E-state index contributed by atoms with van der Waals surface area (Å²) in [6.07, 6.45) is -10.1. The van der Waals surface area contributed by atoms with Crippen LogP contribution < -0.4 is 0 Å². The zero-order valence-electron chi connectivity index (χ0n) is 33.7. The largest absolute Gasteiger partial charge is 0.465 e. The minimum atomic E-state index is -1.93. The number of Topliss-reactive ketones (excluding diaryl/α,β-unsaturated/α-hetero) is 1. The number of esters is 6. The molecule has 0 radical (unpaired) electrons. The highest BCUT2D eigenvalue weighted by atomic mass is 16.7. The maximum absolute atomic E-state index is 13.1. The van der Waals surface area contributed by atoms with Crippen LogP contribution in [-0.2, 0) is 71.5 Å². The summed E-state index contributed by atoms with van der Waals surface area (Å²) in [7, 11) is 0. The first kappa shape index (κ1) is 44.4. The van der Waals surface area contributed by atoms with Gasteiger partial charge in [0.2, 0.25) is 0 Å². The smallest absolute Gasteiger partial charge is 0.303 e. The third-order valence-electron chi connectivity index (χ3n) is 13.2. The second-order valence-corrected chi connectivity index (χ2v) is 16.7. The summed E-state index contributed by atoms with van der Waals surface area (Å²) in [4.78, 5) is 88.3. The quantitative estimate of drug-likeness (QED) is 0.149. The van der Waals surface area contributed by atoms with Crippen molar-refractivity contribution in [3.63, 3.8) is 0 Å². The fourth-order valence-corrected chi connectivity index (χ4v) is 11.3. The third kappa shape index (κ3) is 8.04. The lowest BCUT2D eigenvalue weighted by Gasteiger charge is -2.68. The number of hydrogen-bond donors (Lipinski definition) is 3. The lowest BCUT2D eigenvalue weighted by atomic mass is 9.40. The average molecular weight is 813 g/mol.